The maximum absolute atomic E-state index is 3.15. The normalized spacial score (nSPS) is 10.9. The smallest absolute Gasteiger partial charge is 0.0104 e. The molecule has 2 nitrogen and oxygen atoms in total. The molecule has 0 aromatic rings. The monoisotopic (exact) mass is 158 g/mol. The third kappa shape index (κ3) is 7.82. The van der Waals surface area contributed by atoms with Gasteiger partial charge in [0.2, 0.25) is 0 Å². The molecule has 0 aliphatic rings. The fourth-order valence-corrected chi connectivity index (χ4v) is 1.05. The van der Waals surface area contributed by atoms with Crippen molar-refractivity contribution in [3.05, 3.63) is 0 Å². The molecular weight excluding hydrogens is 136 g/mol. The van der Waals surface area contributed by atoms with Crippen LogP contribution in [0, 0.1) is 0 Å². The Balaban J connectivity index is 3.02. The maximum atomic E-state index is 3.15. The van der Waals surface area contributed by atoms with Crippen LogP contribution in [0.2, 0.25) is 0 Å². The van der Waals surface area contributed by atoms with Crippen LogP contribution in [-0.4, -0.2) is 38.6 Å². The Morgan fingerprint density at radius 2 is 1.91 bits per heavy atom. The van der Waals surface area contributed by atoms with Crippen LogP contribution in [0.5, 0.6) is 0 Å². The summed E-state index contributed by atoms with van der Waals surface area (Å²) >= 11 is 0. The highest BCUT2D eigenvalue weighted by Gasteiger charge is 1.94. The second-order valence-electron chi connectivity index (χ2n) is 3.11. The van der Waals surface area contributed by atoms with E-state index < -0.39 is 0 Å². The molecule has 11 heavy (non-hydrogen) atoms. The Labute approximate surface area is 71.0 Å². The van der Waals surface area contributed by atoms with Crippen molar-refractivity contribution >= 4 is 0 Å². The van der Waals surface area contributed by atoms with Crippen LogP contribution >= 0.6 is 0 Å². The van der Waals surface area contributed by atoms with Gasteiger partial charge in [0.25, 0.3) is 0 Å². The van der Waals surface area contributed by atoms with E-state index in [1.807, 2.05) is 7.05 Å². The van der Waals surface area contributed by atoms with E-state index in [9.17, 15) is 0 Å². The minimum Gasteiger partial charge on any atom is -0.318 e. The van der Waals surface area contributed by atoms with Crippen LogP contribution < -0.4 is 5.32 Å². The third-order valence-electron chi connectivity index (χ3n) is 1.89. The van der Waals surface area contributed by atoms with Crippen molar-refractivity contribution < 1.29 is 0 Å². The second-order valence-corrected chi connectivity index (χ2v) is 3.11. The molecular formula is C9H22N2. The average Bonchev–Trinajstić information content (AvgIpc) is 2.01. The number of unbranched alkanes of at least 4 members (excludes halogenated alkanes) is 2. The molecule has 0 bridgehead atoms. The van der Waals surface area contributed by atoms with Gasteiger partial charge >= 0.3 is 0 Å². The summed E-state index contributed by atoms with van der Waals surface area (Å²) in [5, 5.41) is 3.15. The third-order valence-corrected chi connectivity index (χ3v) is 1.89. The van der Waals surface area contributed by atoms with Gasteiger partial charge in [-0.1, -0.05) is 19.8 Å². The molecule has 68 valence electrons. The van der Waals surface area contributed by atoms with E-state index in [1.165, 1.54) is 32.4 Å². The number of nitrogens with one attached hydrogen (secondary N) is 1. The van der Waals surface area contributed by atoms with E-state index in [0.717, 1.165) is 6.54 Å². The Morgan fingerprint density at radius 3 is 2.45 bits per heavy atom. The first-order valence-corrected chi connectivity index (χ1v) is 4.64. The van der Waals surface area contributed by atoms with E-state index in [2.05, 4.69) is 24.2 Å². The highest BCUT2D eigenvalue weighted by atomic mass is 15.1. The van der Waals surface area contributed by atoms with Crippen molar-refractivity contribution in [3.63, 3.8) is 0 Å². The lowest BCUT2D eigenvalue weighted by atomic mass is 10.2. The largest absolute Gasteiger partial charge is 0.318 e. The summed E-state index contributed by atoms with van der Waals surface area (Å²) in [7, 11) is 4.19. The molecule has 0 aliphatic heterocycles. The molecule has 0 amide bonds. The minimum atomic E-state index is 1.10. The lowest BCUT2D eigenvalue weighted by Crippen LogP contribution is -2.28. The van der Waals surface area contributed by atoms with Gasteiger partial charge in [0.15, 0.2) is 0 Å². The fourth-order valence-electron chi connectivity index (χ4n) is 1.05. The summed E-state index contributed by atoms with van der Waals surface area (Å²) in [6, 6.07) is 0. The summed E-state index contributed by atoms with van der Waals surface area (Å²) in [5.74, 6) is 0. The van der Waals surface area contributed by atoms with Gasteiger partial charge in [0.05, 0.1) is 0 Å². The van der Waals surface area contributed by atoms with Gasteiger partial charge in [0, 0.05) is 13.1 Å². The zero-order chi connectivity index (χ0) is 8.53. The molecule has 0 fully saturated rings. The Kier molecular flexibility index (Phi) is 7.96. The van der Waals surface area contributed by atoms with Gasteiger partial charge in [0.1, 0.15) is 0 Å². The Hall–Kier alpha value is -0.0800. The molecule has 0 saturated heterocycles. The van der Waals surface area contributed by atoms with E-state index in [0.29, 0.717) is 0 Å². The Bertz CT molecular complexity index is 74.0. The number of rotatable bonds is 7. The van der Waals surface area contributed by atoms with Crippen LogP contribution in [0.3, 0.4) is 0 Å². The number of hydrogen-bond acceptors (Lipinski definition) is 2. The molecule has 0 aliphatic carbocycles. The molecule has 0 unspecified atom stereocenters. The fraction of sp³-hybridized carbons (Fsp3) is 1.00. The summed E-state index contributed by atoms with van der Waals surface area (Å²) in [5.41, 5.74) is 0. The lowest BCUT2D eigenvalue weighted by molar-refractivity contribution is 0.326. The van der Waals surface area contributed by atoms with Crippen molar-refractivity contribution in [2.24, 2.45) is 0 Å². The SMILES string of the molecule is CCCCCN(C)CCNC. The zero-order valence-corrected chi connectivity index (χ0v) is 8.19. The van der Waals surface area contributed by atoms with E-state index in [4.69, 9.17) is 0 Å². The quantitative estimate of drug-likeness (QED) is 0.562. The van der Waals surface area contributed by atoms with Crippen LogP contribution in [0.1, 0.15) is 26.2 Å². The van der Waals surface area contributed by atoms with Crippen LogP contribution in [0.4, 0.5) is 0 Å². The standard InChI is InChI=1S/C9H22N2/c1-4-5-6-8-11(3)9-7-10-2/h10H,4-9H2,1-3H3. The lowest BCUT2D eigenvalue weighted by Gasteiger charge is -2.15. The molecule has 2 heteroatoms. The van der Waals surface area contributed by atoms with Gasteiger partial charge < -0.3 is 10.2 Å². The predicted molar refractivity (Wildman–Crippen MR) is 50.9 cm³/mol. The van der Waals surface area contributed by atoms with Gasteiger partial charge in [-0.25, -0.2) is 0 Å². The maximum Gasteiger partial charge on any atom is 0.0104 e. The Morgan fingerprint density at radius 1 is 1.18 bits per heavy atom. The predicted octanol–water partition coefficient (Wildman–Crippen LogP) is 1.33. The van der Waals surface area contributed by atoms with Gasteiger partial charge in [-0.05, 0) is 27.1 Å². The van der Waals surface area contributed by atoms with Crippen molar-refractivity contribution in [3.8, 4) is 0 Å². The second kappa shape index (κ2) is 8.02. The molecule has 0 aromatic heterocycles. The molecule has 0 spiro atoms. The summed E-state index contributed by atoms with van der Waals surface area (Å²) in [4.78, 5) is 2.38. The van der Waals surface area contributed by atoms with Crippen LogP contribution in [0.25, 0.3) is 0 Å². The van der Waals surface area contributed by atoms with Crippen molar-refractivity contribution in [2.75, 3.05) is 33.7 Å². The first kappa shape index (κ1) is 10.9. The highest BCUT2D eigenvalue weighted by Crippen LogP contribution is 1.95. The zero-order valence-electron chi connectivity index (χ0n) is 8.19. The van der Waals surface area contributed by atoms with Gasteiger partial charge in [-0.2, -0.15) is 0 Å². The van der Waals surface area contributed by atoms with Crippen molar-refractivity contribution in [1.29, 1.82) is 0 Å². The van der Waals surface area contributed by atoms with Crippen molar-refractivity contribution in [1.82, 2.24) is 10.2 Å². The number of hydrogen-bond donors (Lipinski definition) is 1. The van der Waals surface area contributed by atoms with Crippen LogP contribution in [0.15, 0.2) is 0 Å². The van der Waals surface area contributed by atoms with E-state index in [-0.39, 0.29) is 0 Å². The summed E-state index contributed by atoms with van der Waals surface area (Å²) in [6.45, 7) is 5.76. The number of nitrogens with zero attached hydrogens (tertiary/aromatic N) is 1. The topological polar surface area (TPSA) is 15.3 Å². The van der Waals surface area contributed by atoms with Crippen LogP contribution in [-0.2, 0) is 0 Å². The first-order valence-electron chi connectivity index (χ1n) is 4.64. The average molecular weight is 158 g/mol. The molecule has 0 aromatic carbocycles. The summed E-state index contributed by atoms with van der Waals surface area (Å²) in [6.07, 6.45) is 4.03. The van der Waals surface area contributed by atoms with E-state index in [1.54, 1.807) is 0 Å². The molecule has 0 radical (unpaired) electrons. The molecule has 0 rings (SSSR count). The molecule has 0 saturated carbocycles. The minimum absolute atomic E-state index is 1.10. The molecule has 0 atom stereocenters. The van der Waals surface area contributed by atoms with Gasteiger partial charge in [-0.15, -0.1) is 0 Å². The molecule has 0 heterocycles. The summed E-state index contributed by atoms with van der Waals surface area (Å²) < 4.78 is 0. The highest BCUT2D eigenvalue weighted by molar-refractivity contribution is 4.52. The van der Waals surface area contributed by atoms with Crippen molar-refractivity contribution in [2.45, 2.75) is 26.2 Å². The van der Waals surface area contributed by atoms with Gasteiger partial charge in [-0.3, -0.25) is 0 Å². The van der Waals surface area contributed by atoms with E-state index >= 15 is 0 Å². The molecule has 1 N–H and O–H groups in total. The number of likely N-dealkylation sites (N-methyl/N-ethyl adjacent to an activating group) is 2. The first-order chi connectivity index (χ1) is 5.31.